The molecule has 1 aliphatic rings. The third kappa shape index (κ3) is 2.45. The van der Waals surface area contributed by atoms with Crippen LogP contribution in [0.3, 0.4) is 0 Å². The van der Waals surface area contributed by atoms with Crippen LogP contribution in [0, 0.1) is 13.8 Å². The molecule has 0 spiro atoms. The highest BCUT2D eigenvalue weighted by Crippen LogP contribution is 2.22. The lowest BCUT2D eigenvalue weighted by Gasteiger charge is -2.33. The first-order chi connectivity index (χ1) is 8.47. The molecule has 2 rings (SSSR count). The van der Waals surface area contributed by atoms with E-state index >= 15 is 0 Å². The number of piperazine rings is 1. The molecular weight excluding hydrogens is 232 g/mol. The highest BCUT2D eigenvalue weighted by Gasteiger charge is 2.29. The molecule has 1 aromatic rings. The lowest BCUT2D eigenvalue weighted by Crippen LogP contribution is -2.57. The fourth-order valence-corrected chi connectivity index (χ4v) is 2.13. The van der Waals surface area contributed by atoms with E-state index in [1.54, 1.807) is 0 Å². The maximum absolute atomic E-state index is 11.5. The first kappa shape index (κ1) is 12.4. The molecule has 1 aliphatic heterocycles. The van der Waals surface area contributed by atoms with Crippen LogP contribution < -0.4 is 10.2 Å². The van der Waals surface area contributed by atoms with Crippen molar-refractivity contribution in [3.63, 3.8) is 0 Å². The zero-order valence-corrected chi connectivity index (χ0v) is 10.4. The number of anilines is 1. The average Bonchev–Trinajstić information content (AvgIpc) is 2.31. The van der Waals surface area contributed by atoms with E-state index in [1.807, 2.05) is 36.9 Å². The molecule has 1 saturated heterocycles. The summed E-state index contributed by atoms with van der Waals surface area (Å²) in [6, 6.07) is 5.11. The molecule has 0 radical (unpaired) electrons. The number of carboxylic acids is 1. The molecule has 0 saturated carbocycles. The lowest BCUT2D eigenvalue weighted by atomic mass is 10.1. The van der Waals surface area contributed by atoms with E-state index in [2.05, 4.69) is 5.32 Å². The van der Waals surface area contributed by atoms with Gasteiger partial charge in [0.25, 0.3) is 0 Å². The minimum atomic E-state index is -1.00. The van der Waals surface area contributed by atoms with Gasteiger partial charge in [0.2, 0.25) is 5.91 Å². The number of benzene rings is 1. The molecule has 1 aromatic carbocycles. The number of carbonyl (C=O) groups excluding carboxylic acids is 1. The van der Waals surface area contributed by atoms with Crippen LogP contribution in [0.1, 0.15) is 11.1 Å². The third-order valence-electron chi connectivity index (χ3n) is 3.08. The summed E-state index contributed by atoms with van der Waals surface area (Å²) < 4.78 is 0. The third-order valence-corrected chi connectivity index (χ3v) is 3.08. The predicted molar refractivity (Wildman–Crippen MR) is 67.7 cm³/mol. The minimum Gasteiger partial charge on any atom is -0.480 e. The Kier molecular flexibility index (Phi) is 3.23. The molecule has 0 bridgehead atoms. The molecule has 1 amide bonds. The summed E-state index contributed by atoms with van der Waals surface area (Å²) in [4.78, 5) is 24.3. The van der Waals surface area contributed by atoms with E-state index in [1.165, 1.54) is 0 Å². The van der Waals surface area contributed by atoms with Crippen LogP contribution in [0.2, 0.25) is 0 Å². The van der Waals surface area contributed by atoms with Gasteiger partial charge in [-0.3, -0.25) is 4.79 Å². The second kappa shape index (κ2) is 4.68. The van der Waals surface area contributed by atoms with Crippen LogP contribution in [0.5, 0.6) is 0 Å². The molecule has 0 aliphatic carbocycles. The zero-order valence-electron chi connectivity index (χ0n) is 10.4. The van der Waals surface area contributed by atoms with E-state index in [-0.39, 0.29) is 12.5 Å². The number of amides is 1. The average molecular weight is 248 g/mol. The molecule has 96 valence electrons. The normalized spacial score (nSPS) is 19.6. The summed E-state index contributed by atoms with van der Waals surface area (Å²) in [5, 5.41) is 11.5. The molecule has 1 fully saturated rings. The topological polar surface area (TPSA) is 69.6 Å². The Morgan fingerprint density at radius 3 is 2.83 bits per heavy atom. The van der Waals surface area contributed by atoms with Gasteiger partial charge in [-0.1, -0.05) is 12.1 Å². The maximum atomic E-state index is 11.5. The van der Waals surface area contributed by atoms with Crippen molar-refractivity contribution < 1.29 is 14.7 Å². The van der Waals surface area contributed by atoms with E-state index in [9.17, 15) is 9.59 Å². The first-order valence-electron chi connectivity index (χ1n) is 5.82. The van der Waals surface area contributed by atoms with Crippen LogP contribution in [-0.2, 0) is 9.59 Å². The van der Waals surface area contributed by atoms with Crippen LogP contribution in [0.25, 0.3) is 0 Å². The number of hydrogen-bond acceptors (Lipinski definition) is 3. The molecule has 2 N–H and O–H groups in total. The second-order valence-corrected chi connectivity index (χ2v) is 4.63. The zero-order chi connectivity index (χ0) is 13.3. The Labute approximate surface area is 105 Å². The Morgan fingerprint density at radius 2 is 2.17 bits per heavy atom. The molecule has 0 aromatic heterocycles. The van der Waals surface area contributed by atoms with Gasteiger partial charge in [-0.25, -0.2) is 4.79 Å². The largest absolute Gasteiger partial charge is 0.480 e. The lowest BCUT2D eigenvalue weighted by molar-refractivity contribution is -0.142. The number of nitrogens with one attached hydrogen (secondary N) is 1. The minimum absolute atomic E-state index is 0.202. The number of carbonyl (C=O) groups is 2. The summed E-state index contributed by atoms with van der Waals surface area (Å²) in [5.74, 6) is -1.26. The Bertz CT molecular complexity index is 499. The van der Waals surface area contributed by atoms with Crippen molar-refractivity contribution >= 4 is 17.6 Å². The summed E-state index contributed by atoms with van der Waals surface area (Å²) >= 11 is 0. The summed E-state index contributed by atoms with van der Waals surface area (Å²) in [6.45, 7) is 4.43. The van der Waals surface area contributed by atoms with Crippen LogP contribution in [0.15, 0.2) is 18.2 Å². The number of nitrogens with zero attached hydrogens (tertiary/aromatic N) is 1. The van der Waals surface area contributed by atoms with Crippen LogP contribution in [0.4, 0.5) is 5.69 Å². The van der Waals surface area contributed by atoms with Gasteiger partial charge in [0.05, 0.1) is 6.54 Å². The molecule has 18 heavy (non-hydrogen) atoms. The Morgan fingerprint density at radius 1 is 1.44 bits per heavy atom. The monoisotopic (exact) mass is 248 g/mol. The predicted octanol–water partition coefficient (Wildman–Crippen LogP) is 0.693. The Hall–Kier alpha value is -2.04. The first-order valence-corrected chi connectivity index (χ1v) is 5.82. The molecule has 5 nitrogen and oxygen atoms in total. The molecular formula is C13H16N2O3. The number of carboxylic acid groups (broad SMARTS) is 1. The Balaban J connectivity index is 2.29. The van der Waals surface area contributed by atoms with Gasteiger partial charge in [-0.05, 0) is 31.0 Å². The van der Waals surface area contributed by atoms with Crippen LogP contribution >= 0.6 is 0 Å². The highest BCUT2D eigenvalue weighted by atomic mass is 16.4. The number of aryl methyl sites for hydroxylation is 2. The van der Waals surface area contributed by atoms with Gasteiger partial charge in [0.1, 0.15) is 6.04 Å². The van der Waals surface area contributed by atoms with Gasteiger partial charge >= 0.3 is 5.97 Å². The summed E-state index contributed by atoms with van der Waals surface area (Å²) in [5.41, 5.74) is 3.06. The van der Waals surface area contributed by atoms with E-state index in [0.29, 0.717) is 6.54 Å². The fraction of sp³-hybridized carbons (Fsp3) is 0.385. The van der Waals surface area contributed by atoms with E-state index in [0.717, 1.165) is 16.8 Å². The molecule has 1 unspecified atom stereocenters. The molecule has 1 heterocycles. The molecule has 5 heteroatoms. The summed E-state index contributed by atoms with van der Waals surface area (Å²) in [7, 11) is 0. The van der Waals surface area contributed by atoms with Crippen molar-refractivity contribution in [1.29, 1.82) is 0 Å². The van der Waals surface area contributed by atoms with Crippen molar-refractivity contribution in [2.45, 2.75) is 19.9 Å². The van der Waals surface area contributed by atoms with Crippen molar-refractivity contribution in [1.82, 2.24) is 5.32 Å². The highest BCUT2D eigenvalue weighted by molar-refractivity contribution is 5.89. The van der Waals surface area contributed by atoms with E-state index < -0.39 is 12.0 Å². The fourth-order valence-electron chi connectivity index (χ4n) is 2.13. The summed E-state index contributed by atoms with van der Waals surface area (Å²) in [6.07, 6.45) is 0. The smallest absolute Gasteiger partial charge is 0.328 e. The SMILES string of the molecule is Cc1ccc(C)c(N2CC(=O)NC(C(=O)O)C2)c1. The van der Waals surface area contributed by atoms with Crippen molar-refractivity contribution in [2.24, 2.45) is 0 Å². The van der Waals surface area contributed by atoms with Gasteiger partial charge in [-0.2, -0.15) is 0 Å². The van der Waals surface area contributed by atoms with Crippen molar-refractivity contribution in [2.75, 3.05) is 18.0 Å². The van der Waals surface area contributed by atoms with Gasteiger partial charge in [-0.15, -0.1) is 0 Å². The number of hydrogen-bond donors (Lipinski definition) is 2. The molecule has 1 atom stereocenters. The standard InChI is InChI=1S/C13H16N2O3/c1-8-3-4-9(2)11(5-8)15-6-10(13(17)18)14-12(16)7-15/h3-5,10H,6-7H2,1-2H3,(H,14,16)(H,17,18). The second-order valence-electron chi connectivity index (χ2n) is 4.63. The van der Waals surface area contributed by atoms with Crippen molar-refractivity contribution in [3.05, 3.63) is 29.3 Å². The van der Waals surface area contributed by atoms with Crippen molar-refractivity contribution in [3.8, 4) is 0 Å². The number of aliphatic carboxylic acids is 1. The van der Waals surface area contributed by atoms with Gasteiger partial charge < -0.3 is 15.3 Å². The van der Waals surface area contributed by atoms with E-state index in [4.69, 9.17) is 5.11 Å². The van der Waals surface area contributed by atoms with Crippen LogP contribution in [-0.4, -0.2) is 36.1 Å². The van der Waals surface area contributed by atoms with Gasteiger partial charge in [0, 0.05) is 12.2 Å². The maximum Gasteiger partial charge on any atom is 0.328 e. The number of rotatable bonds is 2. The quantitative estimate of drug-likeness (QED) is 0.808. The van der Waals surface area contributed by atoms with Gasteiger partial charge in [0.15, 0.2) is 0 Å².